The van der Waals surface area contributed by atoms with E-state index >= 15 is 0 Å². The number of nitrogens with zero attached hydrogens (tertiary/aromatic N) is 2. The highest BCUT2D eigenvalue weighted by molar-refractivity contribution is 5.37. The predicted molar refractivity (Wildman–Crippen MR) is 94.2 cm³/mol. The maximum absolute atomic E-state index is 6.10. The minimum atomic E-state index is 0.300. The van der Waals surface area contributed by atoms with Gasteiger partial charge in [0.05, 0.1) is 12.8 Å². The fraction of sp³-hybridized carbons (Fsp3) is 0.500. The Labute approximate surface area is 144 Å². The molecule has 2 aliphatic heterocycles. The predicted octanol–water partition coefficient (Wildman–Crippen LogP) is 3.18. The maximum Gasteiger partial charge on any atom is 0.123 e. The van der Waals surface area contributed by atoms with Crippen molar-refractivity contribution in [3.8, 4) is 5.75 Å². The quantitative estimate of drug-likeness (QED) is 0.844. The first-order valence-electron chi connectivity index (χ1n) is 8.97. The Hall–Kier alpha value is -1.78. The topological polar surface area (TPSA) is 28.9 Å². The van der Waals surface area contributed by atoms with Crippen LogP contribution in [0.3, 0.4) is 0 Å². The molecule has 24 heavy (non-hydrogen) atoms. The fourth-order valence-electron chi connectivity index (χ4n) is 3.97. The largest absolute Gasteiger partial charge is 0.488 e. The lowest BCUT2D eigenvalue weighted by Gasteiger charge is -2.37. The molecule has 4 rings (SSSR count). The number of ether oxygens (including phenoxy) is 1. The van der Waals surface area contributed by atoms with Crippen LogP contribution in [-0.4, -0.2) is 48.6 Å². The summed E-state index contributed by atoms with van der Waals surface area (Å²) in [6.07, 6.45) is 5.54. The van der Waals surface area contributed by atoms with Gasteiger partial charge in [0.25, 0.3) is 0 Å². The van der Waals surface area contributed by atoms with E-state index in [1.165, 1.54) is 18.4 Å². The van der Waals surface area contributed by atoms with E-state index in [0.29, 0.717) is 12.1 Å². The Balaban J connectivity index is 1.24. The van der Waals surface area contributed by atoms with Gasteiger partial charge in [-0.25, -0.2) is 0 Å². The molecule has 0 radical (unpaired) electrons. The van der Waals surface area contributed by atoms with E-state index < -0.39 is 0 Å². The number of rotatable bonds is 5. The first-order chi connectivity index (χ1) is 11.8. The van der Waals surface area contributed by atoms with Crippen molar-refractivity contribution in [2.45, 2.75) is 38.0 Å². The summed E-state index contributed by atoms with van der Waals surface area (Å²) in [7, 11) is 2.25. The van der Waals surface area contributed by atoms with Crippen molar-refractivity contribution in [1.82, 2.24) is 9.80 Å². The molecule has 4 heteroatoms. The van der Waals surface area contributed by atoms with Gasteiger partial charge in [-0.15, -0.1) is 0 Å². The summed E-state index contributed by atoms with van der Waals surface area (Å²) in [5.41, 5.74) is 1.35. The number of piperidine rings is 1. The van der Waals surface area contributed by atoms with Crippen molar-refractivity contribution < 1.29 is 9.15 Å². The van der Waals surface area contributed by atoms with Crippen LogP contribution >= 0.6 is 0 Å². The van der Waals surface area contributed by atoms with Gasteiger partial charge in [-0.1, -0.05) is 18.2 Å². The van der Waals surface area contributed by atoms with E-state index in [1.807, 2.05) is 6.07 Å². The van der Waals surface area contributed by atoms with Crippen LogP contribution in [0.15, 0.2) is 47.1 Å². The van der Waals surface area contributed by atoms with Gasteiger partial charge in [0.2, 0.25) is 0 Å². The highest BCUT2D eigenvalue weighted by atomic mass is 16.5. The van der Waals surface area contributed by atoms with E-state index in [1.54, 1.807) is 6.26 Å². The zero-order valence-corrected chi connectivity index (χ0v) is 14.4. The zero-order valence-electron chi connectivity index (χ0n) is 14.4. The number of para-hydroxylation sites is 1. The van der Waals surface area contributed by atoms with Crippen LogP contribution in [0.5, 0.6) is 5.75 Å². The van der Waals surface area contributed by atoms with E-state index in [-0.39, 0.29) is 0 Å². The molecule has 1 aromatic carbocycles. The first-order valence-corrected chi connectivity index (χ1v) is 8.97. The molecule has 2 aliphatic rings. The Morgan fingerprint density at radius 2 is 1.96 bits per heavy atom. The lowest BCUT2D eigenvalue weighted by Crippen LogP contribution is -2.45. The molecular formula is C20H26N2O2. The van der Waals surface area contributed by atoms with Gasteiger partial charge in [0.15, 0.2) is 0 Å². The van der Waals surface area contributed by atoms with Gasteiger partial charge in [-0.3, -0.25) is 9.80 Å². The van der Waals surface area contributed by atoms with E-state index in [4.69, 9.17) is 9.15 Å². The molecule has 4 nitrogen and oxygen atoms in total. The summed E-state index contributed by atoms with van der Waals surface area (Å²) >= 11 is 0. The number of hydrogen-bond acceptors (Lipinski definition) is 4. The Morgan fingerprint density at radius 3 is 2.71 bits per heavy atom. The van der Waals surface area contributed by atoms with Gasteiger partial charge in [-0.05, 0) is 43.7 Å². The number of benzene rings is 1. The standard InChI is InChI=1S/C20H26N2O2/c1-21(14-19-13-16-5-2-3-7-20(16)24-19)17-8-10-22(11-9-17)15-18-6-4-12-23-18/h2-7,12,17,19H,8-11,13-15H2,1H3. The molecule has 0 bridgehead atoms. The lowest BCUT2D eigenvalue weighted by molar-refractivity contribution is 0.0875. The second-order valence-corrected chi connectivity index (χ2v) is 7.08. The molecule has 0 saturated carbocycles. The molecule has 2 aromatic rings. The lowest BCUT2D eigenvalue weighted by atomic mass is 10.0. The Morgan fingerprint density at radius 1 is 1.12 bits per heavy atom. The van der Waals surface area contributed by atoms with Gasteiger partial charge >= 0.3 is 0 Å². The molecule has 0 N–H and O–H groups in total. The van der Waals surface area contributed by atoms with Crippen molar-refractivity contribution in [3.05, 3.63) is 54.0 Å². The second kappa shape index (κ2) is 6.99. The maximum atomic E-state index is 6.10. The van der Waals surface area contributed by atoms with Crippen LogP contribution < -0.4 is 4.74 Å². The highest BCUT2D eigenvalue weighted by Gasteiger charge is 2.28. The van der Waals surface area contributed by atoms with Gasteiger partial charge in [0, 0.05) is 32.1 Å². The summed E-state index contributed by atoms with van der Waals surface area (Å²) in [4.78, 5) is 4.99. The second-order valence-electron chi connectivity index (χ2n) is 7.08. The number of likely N-dealkylation sites (tertiary alicyclic amines) is 1. The van der Waals surface area contributed by atoms with E-state index in [0.717, 1.165) is 44.1 Å². The molecule has 0 spiro atoms. The molecule has 1 atom stereocenters. The summed E-state index contributed by atoms with van der Waals surface area (Å²) in [6, 6.07) is 13.1. The molecule has 3 heterocycles. The van der Waals surface area contributed by atoms with Crippen LogP contribution in [0, 0.1) is 0 Å². The summed E-state index contributed by atoms with van der Waals surface area (Å²) in [6.45, 7) is 4.23. The fourth-order valence-corrected chi connectivity index (χ4v) is 3.97. The molecule has 0 amide bonds. The third kappa shape index (κ3) is 3.50. The van der Waals surface area contributed by atoms with E-state index in [9.17, 15) is 0 Å². The monoisotopic (exact) mass is 326 g/mol. The number of hydrogen-bond donors (Lipinski definition) is 0. The average Bonchev–Trinajstić information content (AvgIpc) is 3.24. The molecular weight excluding hydrogens is 300 g/mol. The minimum absolute atomic E-state index is 0.300. The van der Waals surface area contributed by atoms with Crippen molar-refractivity contribution in [3.63, 3.8) is 0 Å². The van der Waals surface area contributed by atoms with Crippen LogP contribution in [0.25, 0.3) is 0 Å². The normalized spacial score (nSPS) is 21.8. The number of likely N-dealkylation sites (N-methyl/N-ethyl adjacent to an activating group) is 1. The first kappa shape index (κ1) is 15.7. The third-order valence-electron chi connectivity index (χ3n) is 5.35. The van der Waals surface area contributed by atoms with Crippen LogP contribution in [0.2, 0.25) is 0 Å². The summed E-state index contributed by atoms with van der Waals surface area (Å²) < 4.78 is 11.6. The van der Waals surface area contributed by atoms with E-state index in [2.05, 4.69) is 47.2 Å². The average molecular weight is 326 g/mol. The third-order valence-corrected chi connectivity index (χ3v) is 5.35. The number of fused-ring (bicyclic) bond motifs is 1. The Bertz CT molecular complexity index is 622. The molecule has 1 saturated heterocycles. The summed E-state index contributed by atoms with van der Waals surface area (Å²) in [5, 5.41) is 0. The van der Waals surface area contributed by atoms with Crippen molar-refractivity contribution in [2.75, 3.05) is 26.7 Å². The Kier molecular flexibility index (Phi) is 4.58. The molecule has 0 aliphatic carbocycles. The number of furan rings is 1. The smallest absolute Gasteiger partial charge is 0.123 e. The SMILES string of the molecule is CN(CC1Cc2ccccc2O1)C1CCN(Cc2ccco2)CC1. The highest BCUT2D eigenvalue weighted by Crippen LogP contribution is 2.29. The molecule has 128 valence electrons. The molecule has 1 unspecified atom stereocenters. The van der Waals surface area contributed by atoms with Crippen LogP contribution in [0.1, 0.15) is 24.2 Å². The van der Waals surface area contributed by atoms with Crippen molar-refractivity contribution >= 4 is 0 Å². The molecule has 1 fully saturated rings. The molecule has 1 aromatic heterocycles. The van der Waals surface area contributed by atoms with Crippen molar-refractivity contribution in [2.24, 2.45) is 0 Å². The summed E-state index contributed by atoms with van der Waals surface area (Å²) in [5.74, 6) is 2.14. The van der Waals surface area contributed by atoms with Crippen LogP contribution in [0.4, 0.5) is 0 Å². The van der Waals surface area contributed by atoms with Gasteiger partial charge in [0.1, 0.15) is 17.6 Å². The minimum Gasteiger partial charge on any atom is -0.488 e. The van der Waals surface area contributed by atoms with Crippen LogP contribution in [-0.2, 0) is 13.0 Å². The van der Waals surface area contributed by atoms with Gasteiger partial charge < -0.3 is 9.15 Å². The van der Waals surface area contributed by atoms with Gasteiger partial charge in [-0.2, -0.15) is 0 Å². The zero-order chi connectivity index (χ0) is 16.4. The van der Waals surface area contributed by atoms with Crippen molar-refractivity contribution in [1.29, 1.82) is 0 Å².